The van der Waals surface area contributed by atoms with Crippen molar-refractivity contribution in [1.82, 2.24) is 0 Å². The number of carboxylic acids is 1. The van der Waals surface area contributed by atoms with Gasteiger partial charge in [-0.25, -0.2) is 0 Å². The predicted octanol–water partition coefficient (Wildman–Crippen LogP) is 3.01. The van der Waals surface area contributed by atoms with Gasteiger partial charge in [0.05, 0.1) is 16.7 Å². The van der Waals surface area contributed by atoms with Gasteiger partial charge in [-0.05, 0) is 38.0 Å². The van der Waals surface area contributed by atoms with E-state index >= 15 is 0 Å². The van der Waals surface area contributed by atoms with Gasteiger partial charge in [0.2, 0.25) is 0 Å². The van der Waals surface area contributed by atoms with Crippen LogP contribution in [0.5, 0.6) is 0 Å². The van der Waals surface area contributed by atoms with E-state index in [1.807, 2.05) is 12.1 Å². The molecule has 0 radical (unpaired) electrons. The number of nitriles is 1. The van der Waals surface area contributed by atoms with Crippen molar-refractivity contribution < 1.29 is 9.90 Å². The first kappa shape index (κ1) is 13.9. The first-order valence-corrected chi connectivity index (χ1v) is 6.93. The number of carbonyl (C=O) groups is 1. The third kappa shape index (κ3) is 2.74. The lowest BCUT2D eigenvalue weighted by atomic mass is 9.80. The number of hydrogen-bond donors (Lipinski definition) is 1. The normalized spacial score (nSPS) is 17.8. The van der Waals surface area contributed by atoms with Gasteiger partial charge in [0.1, 0.15) is 6.07 Å². The molecule has 5 heteroatoms. The minimum Gasteiger partial charge on any atom is -0.481 e. The Morgan fingerprint density at radius 1 is 1.47 bits per heavy atom. The minimum atomic E-state index is -0.733. The van der Waals surface area contributed by atoms with Gasteiger partial charge in [0.15, 0.2) is 0 Å². The van der Waals surface area contributed by atoms with Gasteiger partial charge >= 0.3 is 5.97 Å². The molecule has 0 aliphatic carbocycles. The van der Waals surface area contributed by atoms with E-state index in [4.69, 9.17) is 0 Å². The van der Waals surface area contributed by atoms with Crippen molar-refractivity contribution in [1.29, 1.82) is 5.26 Å². The summed E-state index contributed by atoms with van der Waals surface area (Å²) >= 11 is 3.35. The molecule has 1 aromatic rings. The second-order valence-corrected chi connectivity index (χ2v) is 6.04. The van der Waals surface area contributed by atoms with Gasteiger partial charge in [-0.1, -0.05) is 15.9 Å². The van der Waals surface area contributed by atoms with Gasteiger partial charge < -0.3 is 10.0 Å². The lowest BCUT2D eigenvalue weighted by Gasteiger charge is -2.38. The van der Waals surface area contributed by atoms with E-state index in [9.17, 15) is 15.2 Å². The lowest BCUT2D eigenvalue weighted by molar-refractivity contribution is -0.149. The fourth-order valence-corrected chi connectivity index (χ4v) is 2.69. The molecular formula is C14H15BrN2O2. The third-order valence-electron chi connectivity index (χ3n) is 3.80. The predicted molar refractivity (Wildman–Crippen MR) is 76.0 cm³/mol. The highest BCUT2D eigenvalue weighted by molar-refractivity contribution is 9.10. The molecular weight excluding hydrogens is 308 g/mol. The van der Waals surface area contributed by atoms with E-state index in [-0.39, 0.29) is 0 Å². The summed E-state index contributed by atoms with van der Waals surface area (Å²) < 4.78 is 0.875. The fraction of sp³-hybridized carbons (Fsp3) is 0.429. The molecule has 1 heterocycles. The average molecular weight is 323 g/mol. The van der Waals surface area contributed by atoms with Crippen LogP contribution >= 0.6 is 15.9 Å². The summed E-state index contributed by atoms with van der Waals surface area (Å²) in [6.07, 6.45) is 1.20. The number of rotatable bonds is 2. The van der Waals surface area contributed by atoms with Crippen LogP contribution in [-0.4, -0.2) is 24.2 Å². The first-order valence-electron chi connectivity index (χ1n) is 6.14. The summed E-state index contributed by atoms with van der Waals surface area (Å²) in [4.78, 5) is 13.3. The van der Waals surface area contributed by atoms with Crippen LogP contribution in [0.3, 0.4) is 0 Å². The number of aliphatic carboxylic acids is 1. The van der Waals surface area contributed by atoms with Crippen LogP contribution in [0.25, 0.3) is 0 Å². The highest BCUT2D eigenvalue weighted by atomic mass is 79.9. The SMILES string of the molecule is CC1(C(=O)O)CCN(c2ccc(Br)cc2C#N)CC1. The molecule has 1 saturated heterocycles. The number of benzene rings is 1. The van der Waals surface area contributed by atoms with E-state index in [1.165, 1.54) is 0 Å². The van der Waals surface area contributed by atoms with Crippen molar-refractivity contribution in [2.45, 2.75) is 19.8 Å². The number of nitrogens with zero attached hydrogens (tertiary/aromatic N) is 2. The number of anilines is 1. The van der Waals surface area contributed by atoms with Gasteiger partial charge in [0.25, 0.3) is 0 Å². The molecule has 100 valence electrons. The van der Waals surface area contributed by atoms with Crippen LogP contribution in [-0.2, 0) is 4.79 Å². The Kier molecular flexibility index (Phi) is 3.81. The molecule has 1 aliphatic rings. The quantitative estimate of drug-likeness (QED) is 0.909. The first-order chi connectivity index (χ1) is 8.96. The summed E-state index contributed by atoms with van der Waals surface area (Å²) in [6, 6.07) is 7.79. The number of piperidine rings is 1. The maximum atomic E-state index is 11.2. The van der Waals surface area contributed by atoms with Gasteiger partial charge in [0, 0.05) is 17.6 Å². The van der Waals surface area contributed by atoms with Crippen molar-refractivity contribution in [3.05, 3.63) is 28.2 Å². The van der Waals surface area contributed by atoms with Crippen LogP contribution in [0.15, 0.2) is 22.7 Å². The average Bonchev–Trinajstić information content (AvgIpc) is 2.39. The van der Waals surface area contributed by atoms with E-state index in [0.717, 1.165) is 10.2 Å². The molecule has 0 unspecified atom stereocenters. The molecule has 19 heavy (non-hydrogen) atoms. The molecule has 0 aromatic heterocycles. The second-order valence-electron chi connectivity index (χ2n) is 5.13. The van der Waals surface area contributed by atoms with Gasteiger partial charge in [-0.15, -0.1) is 0 Å². The Morgan fingerprint density at radius 2 is 2.11 bits per heavy atom. The van der Waals surface area contributed by atoms with Crippen LogP contribution in [0.1, 0.15) is 25.3 Å². The number of hydrogen-bond acceptors (Lipinski definition) is 3. The van der Waals surface area contributed by atoms with Crippen LogP contribution in [0, 0.1) is 16.7 Å². The molecule has 0 bridgehead atoms. The Labute approximate surface area is 120 Å². The molecule has 4 nitrogen and oxygen atoms in total. The smallest absolute Gasteiger partial charge is 0.309 e. The molecule has 1 aromatic carbocycles. The lowest BCUT2D eigenvalue weighted by Crippen LogP contribution is -2.43. The van der Waals surface area contributed by atoms with E-state index in [0.29, 0.717) is 31.5 Å². The van der Waals surface area contributed by atoms with Crippen molar-refractivity contribution in [2.24, 2.45) is 5.41 Å². The second kappa shape index (κ2) is 5.22. The molecule has 0 atom stereocenters. The highest BCUT2D eigenvalue weighted by Crippen LogP contribution is 2.34. The molecule has 1 aliphatic heterocycles. The zero-order valence-corrected chi connectivity index (χ0v) is 12.3. The summed E-state index contributed by atoms with van der Waals surface area (Å²) in [7, 11) is 0. The van der Waals surface area contributed by atoms with Gasteiger partial charge in [-0.2, -0.15) is 5.26 Å². The largest absolute Gasteiger partial charge is 0.481 e. The topological polar surface area (TPSA) is 64.3 Å². The Balaban J connectivity index is 2.19. The number of halogens is 1. The third-order valence-corrected chi connectivity index (χ3v) is 4.30. The summed E-state index contributed by atoms with van der Waals surface area (Å²) in [5, 5.41) is 18.4. The molecule has 0 saturated carbocycles. The molecule has 2 rings (SSSR count). The standard InChI is InChI=1S/C14H15BrN2O2/c1-14(13(18)19)4-6-17(7-5-14)12-3-2-11(15)8-10(12)9-16/h2-3,8H,4-7H2,1H3,(H,18,19). The maximum Gasteiger partial charge on any atom is 0.309 e. The van der Waals surface area contributed by atoms with Crippen LogP contribution in [0.2, 0.25) is 0 Å². The monoisotopic (exact) mass is 322 g/mol. The zero-order chi connectivity index (χ0) is 14.0. The molecule has 0 amide bonds. The highest BCUT2D eigenvalue weighted by Gasteiger charge is 2.37. The van der Waals surface area contributed by atoms with E-state index in [2.05, 4.69) is 26.9 Å². The summed E-state index contributed by atoms with van der Waals surface area (Å²) in [5.41, 5.74) is 0.866. The Morgan fingerprint density at radius 3 is 2.63 bits per heavy atom. The zero-order valence-electron chi connectivity index (χ0n) is 10.7. The van der Waals surface area contributed by atoms with Crippen molar-refractivity contribution in [3.8, 4) is 6.07 Å². The van der Waals surface area contributed by atoms with Crippen molar-refractivity contribution >= 4 is 27.6 Å². The van der Waals surface area contributed by atoms with E-state index in [1.54, 1.807) is 13.0 Å². The summed E-state index contributed by atoms with van der Waals surface area (Å²) in [6.45, 7) is 3.12. The Hall–Kier alpha value is -1.54. The fourth-order valence-electron chi connectivity index (χ4n) is 2.33. The Bertz CT molecular complexity index is 543. The molecule has 1 fully saturated rings. The van der Waals surface area contributed by atoms with Crippen molar-refractivity contribution in [3.63, 3.8) is 0 Å². The summed E-state index contributed by atoms with van der Waals surface area (Å²) in [5.74, 6) is -0.733. The van der Waals surface area contributed by atoms with Gasteiger partial charge in [-0.3, -0.25) is 4.79 Å². The molecule has 0 spiro atoms. The van der Waals surface area contributed by atoms with Crippen molar-refractivity contribution in [2.75, 3.05) is 18.0 Å². The maximum absolute atomic E-state index is 11.2. The van der Waals surface area contributed by atoms with Crippen LogP contribution < -0.4 is 4.90 Å². The molecule has 1 N–H and O–H groups in total. The van der Waals surface area contributed by atoms with E-state index < -0.39 is 11.4 Å². The minimum absolute atomic E-state index is 0.600. The number of carboxylic acid groups (broad SMARTS) is 1. The van der Waals surface area contributed by atoms with Crippen LogP contribution in [0.4, 0.5) is 5.69 Å².